The molecule has 0 saturated carbocycles. The molecule has 0 aliphatic carbocycles. The summed E-state index contributed by atoms with van der Waals surface area (Å²) in [4.78, 5) is 27.1. The molecule has 1 unspecified atom stereocenters. The molecule has 2 amide bonds. The summed E-state index contributed by atoms with van der Waals surface area (Å²) in [5.41, 5.74) is 0.505. The van der Waals surface area contributed by atoms with Crippen LogP contribution in [0.3, 0.4) is 0 Å². The van der Waals surface area contributed by atoms with Crippen molar-refractivity contribution in [3.63, 3.8) is 0 Å². The first kappa shape index (κ1) is 25.0. The Morgan fingerprint density at radius 1 is 1.13 bits per heavy atom. The first-order chi connectivity index (χ1) is 14.7. The molecule has 7 heteroatoms. The summed E-state index contributed by atoms with van der Waals surface area (Å²) in [6, 6.07) is 5.38. The van der Waals surface area contributed by atoms with Gasteiger partial charge in [-0.3, -0.25) is 14.5 Å². The normalized spacial score (nSPS) is 16.3. The zero-order chi connectivity index (χ0) is 23.0. The lowest BCUT2D eigenvalue weighted by Gasteiger charge is -2.38. The average molecular weight is 434 g/mol. The van der Waals surface area contributed by atoms with Crippen molar-refractivity contribution in [1.29, 1.82) is 0 Å². The van der Waals surface area contributed by atoms with Crippen molar-refractivity contribution < 1.29 is 19.1 Å². The number of benzene rings is 1. The van der Waals surface area contributed by atoms with Crippen LogP contribution < -0.4 is 20.1 Å². The van der Waals surface area contributed by atoms with Gasteiger partial charge in [-0.05, 0) is 69.8 Å². The summed E-state index contributed by atoms with van der Waals surface area (Å²) in [6.07, 6.45) is 2.43. The van der Waals surface area contributed by atoms with Crippen LogP contribution in [0.25, 0.3) is 0 Å². The molecule has 174 valence electrons. The Hall–Kier alpha value is -2.28. The van der Waals surface area contributed by atoms with Crippen LogP contribution in [-0.2, 0) is 4.79 Å². The molecule has 0 bridgehead atoms. The van der Waals surface area contributed by atoms with E-state index in [0.717, 1.165) is 19.0 Å². The third kappa shape index (κ3) is 7.73. The number of nitrogens with one attached hydrogen (secondary N) is 2. The van der Waals surface area contributed by atoms with Crippen molar-refractivity contribution >= 4 is 11.8 Å². The number of rotatable bonds is 10. The van der Waals surface area contributed by atoms with Gasteiger partial charge in [0.1, 0.15) is 0 Å². The van der Waals surface area contributed by atoms with Crippen LogP contribution in [-0.4, -0.2) is 62.1 Å². The van der Waals surface area contributed by atoms with Gasteiger partial charge in [0.05, 0.1) is 7.11 Å². The minimum Gasteiger partial charge on any atom is -0.493 e. The molecule has 1 heterocycles. The Balaban J connectivity index is 1.96. The smallest absolute Gasteiger partial charge is 0.258 e. The van der Waals surface area contributed by atoms with Crippen molar-refractivity contribution in [3.8, 4) is 11.5 Å². The fraction of sp³-hybridized carbons (Fsp3) is 0.667. The highest BCUT2D eigenvalue weighted by molar-refractivity contribution is 5.95. The van der Waals surface area contributed by atoms with Gasteiger partial charge in [0.25, 0.3) is 11.8 Å². The second kappa shape index (κ2) is 11.9. The monoisotopic (exact) mass is 433 g/mol. The average Bonchev–Trinajstić information content (AvgIpc) is 2.72. The maximum absolute atomic E-state index is 12.8. The lowest BCUT2D eigenvalue weighted by Crippen LogP contribution is -2.49. The zero-order valence-electron chi connectivity index (χ0n) is 19.9. The second-order valence-corrected chi connectivity index (χ2v) is 9.12. The molecular formula is C24H39N3O4. The fourth-order valence-corrected chi connectivity index (χ4v) is 3.88. The Morgan fingerprint density at radius 2 is 1.81 bits per heavy atom. The van der Waals surface area contributed by atoms with E-state index in [1.807, 2.05) is 13.8 Å². The third-order valence-electron chi connectivity index (χ3n) is 5.76. The van der Waals surface area contributed by atoms with Gasteiger partial charge in [0, 0.05) is 24.2 Å². The molecule has 2 N–H and O–H groups in total. The lowest BCUT2D eigenvalue weighted by molar-refractivity contribution is -0.123. The van der Waals surface area contributed by atoms with Gasteiger partial charge in [-0.1, -0.05) is 20.8 Å². The van der Waals surface area contributed by atoms with E-state index < -0.39 is 0 Å². The topological polar surface area (TPSA) is 79.9 Å². The van der Waals surface area contributed by atoms with Crippen LogP contribution in [0.1, 0.15) is 57.8 Å². The van der Waals surface area contributed by atoms with Gasteiger partial charge in [0.15, 0.2) is 18.1 Å². The maximum Gasteiger partial charge on any atom is 0.258 e. The molecular weight excluding hydrogens is 394 g/mol. The molecule has 1 aromatic carbocycles. The van der Waals surface area contributed by atoms with Gasteiger partial charge < -0.3 is 20.1 Å². The van der Waals surface area contributed by atoms with Crippen molar-refractivity contribution in [2.75, 3.05) is 33.4 Å². The molecule has 1 aromatic rings. The van der Waals surface area contributed by atoms with E-state index >= 15 is 0 Å². The van der Waals surface area contributed by atoms with E-state index in [1.165, 1.54) is 20.0 Å². The second-order valence-electron chi connectivity index (χ2n) is 9.12. The number of likely N-dealkylation sites (tertiary alicyclic amines) is 1. The Bertz CT molecular complexity index is 728. The van der Waals surface area contributed by atoms with E-state index in [-0.39, 0.29) is 24.5 Å². The van der Waals surface area contributed by atoms with Crippen molar-refractivity contribution in [1.82, 2.24) is 15.5 Å². The minimum absolute atomic E-state index is 0.0482. The number of hydrogen-bond acceptors (Lipinski definition) is 5. The fourth-order valence-electron chi connectivity index (χ4n) is 3.88. The quantitative estimate of drug-likeness (QED) is 0.593. The number of hydrogen-bond donors (Lipinski definition) is 2. The molecule has 1 fully saturated rings. The summed E-state index contributed by atoms with van der Waals surface area (Å²) in [7, 11) is 1.52. The van der Waals surface area contributed by atoms with Crippen LogP contribution in [0.2, 0.25) is 0 Å². The van der Waals surface area contributed by atoms with E-state index in [9.17, 15) is 9.59 Å². The Morgan fingerprint density at radius 3 is 2.39 bits per heavy atom. The highest BCUT2D eigenvalue weighted by Crippen LogP contribution is 2.28. The number of ether oxygens (including phenoxy) is 2. The molecule has 0 radical (unpaired) electrons. The van der Waals surface area contributed by atoms with E-state index in [0.29, 0.717) is 35.6 Å². The number of carbonyl (C=O) groups excluding carboxylic acids is 2. The van der Waals surface area contributed by atoms with Crippen molar-refractivity contribution in [3.05, 3.63) is 23.8 Å². The first-order valence-electron chi connectivity index (χ1n) is 11.3. The maximum atomic E-state index is 12.8. The largest absolute Gasteiger partial charge is 0.493 e. The molecule has 1 aliphatic heterocycles. The molecule has 7 nitrogen and oxygen atoms in total. The highest BCUT2D eigenvalue weighted by atomic mass is 16.5. The molecule has 1 saturated heterocycles. The molecule has 31 heavy (non-hydrogen) atoms. The molecule has 2 rings (SSSR count). The van der Waals surface area contributed by atoms with Crippen LogP contribution in [0, 0.1) is 11.8 Å². The minimum atomic E-state index is -0.203. The van der Waals surface area contributed by atoms with Crippen molar-refractivity contribution in [2.45, 2.75) is 59.5 Å². The summed E-state index contributed by atoms with van der Waals surface area (Å²) < 4.78 is 10.9. The summed E-state index contributed by atoms with van der Waals surface area (Å²) >= 11 is 0. The predicted molar refractivity (Wildman–Crippen MR) is 123 cm³/mol. The van der Waals surface area contributed by atoms with Gasteiger partial charge >= 0.3 is 0 Å². The van der Waals surface area contributed by atoms with E-state index in [2.05, 4.69) is 36.3 Å². The van der Waals surface area contributed by atoms with Crippen LogP contribution in [0.4, 0.5) is 0 Å². The van der Waals surface area contributed by atoms with Crippen molar-refractivity contribution in [2.24, 2.45) is 11.8 Å². The highest BCUT2D eigenvalue weighted by Gasteiger charge is 2.26. The van der Waals surface area contributed by atoms with Gasteiger partial charge in [-0.2, -0.15) is 0 Å². The standard InChI is InChI=1S/C24H39N3O4/c1-16(2)20(27-11-9-18(5)10-12-27)14-25-24(29)19-7-8-21(22(13-19)30-6)31-15-23(28)26-17(3)4/h7-8,13,16-18,20H,9-12,14-15H2,1-6H3,(H,25,29)(H,26,28). The summed E-state index contributed by atoms with van der Waals surface area (Å²) in [5.74, 6) is 1.75. The molecule has 0 spiro atoms. The summed E-state index contributed by atoms with van der Waals surface area (Å²) in [5, 5.41) is 5.86. The number of methoxy groups -OCH3 is 1. The van der Waals surface area contributed by atoms with E-state index in [4.69, 9.17) is 9.47 Å². The number of nitrogens with zero attached hydrogens (tertiary/aromatic N) is 1. The molecule has 1 atom stereocenters. The lowest BCUT2D eigenvalue weighted by atomic mass is 9.94. The zero-order valence-corrected chi connectivity index (χ0v) is 19.9. The molecule has 0 aromatic heterocycles. The number of carbonyl (C=O) groups is 2. The number of amides is 2. The third-order valence-corrected chi connectivity index (χ3v) is 5.76. The Kier molecular flexibility index (Phi) is 9.62. The Labute approximate surface area is 186 Å². The van der Waals surface area contributed by atoms with E-state index in [1.54, 1.807) is 18.2 Å². The summed E-state index contributed by atoms with van der Waals surface area (Å²) in [6.45, 7) is 13.2. The van der Waals surface area contributed by atoms with Crippen LogP contribution in [0.5, 0.6) is 11.5 Å². The van der Waals surface area contributed by atoms with Gasteiger partial charge in [-0.15, -0.1) is 0 Å². The number of piperidine rings is 1. The van der Waals surface area contributed by atoms with Crippen LogP contribution in [0.15, 0.2) is 18.2 Å². The molecule has 1 aliphatic rings. The predicted octanol–water partition coefficient (Wildman–Crippen LogP) is 3.08. The first-order valence-corrected chi connectivity index (χ1v) is 11.3. The van der Waals surface area contributed by atoms with Crippen LogP contribution >= 0.6 is 0 Å². The van der Waals surface area contributed by atoms with Gasteiger partial charge in [0.2, 0.25) is 0 Å². The van der Waals surface area contributed by atoms with Gasteiger partial charge in [-0.25, -0.2) is 0 Å². The SMILES string of the molecule is COc1cc(C(=O)NCC(C(C)C)N2CCC(C)CC2)ccc1OCC(=O)NC(C)C.